The number of aliphatic hydroxyl groups excluding tert-OH is 1. The first-order chi connectivity index (χ1) is 9.54. The van der Waals surface area contributed by atoms with Gasteiger partial charge in [0.15, 0.2) is 0 Å². The first-order valence-electron chi connectivity index (χ1n) is 7.40. The lowest BCUT2D eigenvalue weighted by Gasteiger charge is -2.27. The largest absolute Gasteiger partial charge is 0.393 e. The third kappa shape index (κ3) is 4.23. The smallest absolute Gasteiger partial charge is 0.251 e. The van der Waals surface area contributed by atoms with E-state index in [-0.39, 0.29) is 18.1 Å². The van der Waals surface area contributed by atoms with Crippen LogP contribution in [0.15, 0.2) is 24.3 Å². The lowest BCUT2D eigenvalue weighted by atomic mass is 9.93. The second-order valence-electron chi connectivity index (χ2n) is 5.86. The highest BCUT2D eigenvalue weighted by molar-refractivity contribution is 5.94. The first kappa shape index (κ1) is 14.9. The van der Waals surface area contributed by atoms with Crippen LogP contribution in [0.3, 0.4) is 0 Å². The fraction of sp³-hybridized carbons (Fsp3) is 0.562. The summed E-state index contributed by atoms with van der Waals surface area (Å²) in [6.45, 7) is 3.90. The van der Waals surface area contributed by atoms with Gasteiger partial charge in [0.1, 0.15) is 0 Å². The molecule has 0 aromatic heterocycles. The van der Waals surface area contributed by atoms with Crippen molar-refractivity contribution in [3.8, 4) is 0 Å². The highest BCUT2D eigenvalue weighted by atomic mass is 16.3. The fourth-order valence-electron chi connectivity index (χ4n) is 2.52. The molecule has 1 aromatic carbocycles. The Kier molecular flexibility index (Phi) is 5.01. The second-order valence-corrected chi connectivity index (χ2v) is 5.86. The van der Waals surface area contributed by atoms with Crippen LogP contribution < -0.4 is 10.6 Å². The van der Waals surface area contributed by atoms with Crippen LogP contribution in [-0.2, 0) is 0 Å². The third-order valence-corrected chi connectivity index (χ3v) is 3.63. The molecule has 1 aromatic rings. The quantitative estimate of drug-likeness (QED) is 0.792. The van der Waals surface area contributed by atoms with Crippen molar-refractivity contribution >= 4 is 11.6 Å². The number of carbonyl (C=O) groups is 1. The molecular weight excluding hydrogens is 252 g/mol. The monoisotopic (exact) mass is 276 g/mol. The van der Waals surface area contributed by atoms with E-state index in [4.69, 9.17) is 0 Å². The summed E-state index contributed by atoms with van der Waals surface area (Å²) in [4.78, 5) is 11.8. The summed E-state index contributed by atoms with van der Waals surface area (Å²) in [5.74, 6) is -0.0349. The van der Waals surface area contributed by atoms with E-state index in [0.29, 0.717) is 11.6 Å². The minimum atomic E-state index is -0.129. The molecule has 2 rings (SSSR count). The van der Waals surface area contributed by atoms with Crippen molar-refractivity contribution in [1.82, 2.24) is 5.32 Å². The molecule has 4 nitrogen and oxygen atoms in total. The molecule has 0 saturated heterocycles. The highest BCUT2D eigenvalue weighted by Gasteiger charge is 2.19. The van der Waals surface area contributed by atoms with Crippen LogP contribution in [-0.4, -0.2) is 29.2 Å². The lowest BCUT2D eigenvalue weighted by molar-refractivity contribution is 0.0943. The van der Waals surface area contributed by atoms with Crippen molar-refractivity contribution in [3.63, 3.8) is 0 Å². The van der Waals surface area contributed by atoms with Crippen molar-refractivity contribution < 1.29 is 9.90 Å². The summed E-state index contributed by atoms with van der Waals surface area (Å²) < 4.78 is 0. The van der Waals surface area contributed by atoms with E-state index in [1.807, 2.05) is 38.1 Å². The maximum absolute atomic E-state index is 11.8. The highest BCUT2D eigenvalue weighted by Crippen LogP contribution is 2.22. The minimum Gasteiger partial charge on any atom is -0.393 e. The number of hydrogen-bond acceptors (Lipinski definition) is 3. The predicted molar refractivity (Wildman–Crippen MR) is 80.9 cm³/mol. The van der Waals surface area contributed by atoms with Gasteiger partial charge in [-0.2, -0.15) is 0 Å². The summed E-state index contributed by atoms with van der Waals surface area (Å²) in [6, 6.07) is 8.15. The third-order valence-electron chi connectivity index (χ3n) is 3.63. The molecular formula is C16H24N2O2. The van der Waals surface area contributed by atoms with E-state index >= 15 is 0 Å². The van der Waals surface area contributed by atoms with Gasteiger partial charge in [-0.05, 0) is 63.8 Å². The van der Waals surface area contributed by atoms with Crippen LogP contribution >= 0.6 is 0 Å². The van der Waals surface area contributed by atoms with Gasteiger partial charge >= 0.3 is 0 Å². The van der Waals surface area contributed by atoms with E-state index in [9.17, 15) is 9.90 Å². The van der Waals surface area contributed by atoms with E-state index < -0.39 is 0 Å². The van der Waals surface area contributed by atoms with Crippen molar-refractivity contribution in [1.29, 1.82) is 0 Å². The molecule has 1 fully saturated rings. The zero-order valence-electron chi connectivity index (χ0n) is 12.2. The van der Waals surface area contributed by atoms with Gasteiger partial charge in [-0.15, -0.1) is 0 Å². The molecule has 0 heterocycles. The predicted octanol–water partition coefficient (Wildman–Crippen LogP) is 2.54. The molecule has 110 valence electrons. The molecule has 0 unspecified atom stereocenters. The Hall–Kier alpha value is -1.55. The Morgan fingerprint density at radius 2 is 1.75 bits per heavy atom. The minimum absolute atomic E-state index is 0.0349. The second kappa shape index (κ2) is 6.75. The van der Waals surface area contributed by atoms with Gasteiger partial charge in [-0.25, -0.2) is 0 Å². The molecule has 1 aliphatic carbocycles. The zero-order chi connectivity index (χ0) is 14.5. The SMILES string of the molecule is CC(C)NC(=O)c1ccc(NC2CCC(O)CC2)cc1. The molecule has 1 saturated carbocycles. The van der Waals surface area contributed by atoms with Crippen LogP contribution in [0.2, 0.25) is 0 Å². The van der Waals surface area contributed by atoms with Crippen LogP contribution in [0, 0.1) is 0 Å². The van der Waals surface area contributed by atoms with Crippen LogP contribution in [0.5, 0.6) is 0 Å². The van der Waals surface area contributed by atoms with Crippen molar-refractivity contribution in [2.45, 2.75) is 57.7 Å². The van der Waals surface area contributed by atoms with E-state index in [1.54, 1.807) is 0 Å². The van der Waals surface area contributed by atoms with Gasteiger partial charge in [-0.1, -0.05) is 0 Å². The Balaban J connectivity index is 1.90. The summed E-state index contributed by atoms with van der Waals surface area (Å²) in [5, 5.41) is 15.8. The Labute approximate surface area is 120 Å². The normalized spacial score (nSPS) is 22.6. The number of rotatable bonds is 4. The molecule has 20 heavy (non-hydrogen) atoms. The maximum Gasteiger partial charge on any atom is 0.251 e. The lowest BCUT2D eigenvalue weighted by Crippen LogP contribution is -2.30. The number of carbonyl (C=O) groups excluding carboxylic acids is 1. The topological polar surface area (TPSA) is 61.4 Å². The summed E-state index contributed by atoms with van der Waals surface area (Å²) in [6.07, 6.45) is 3.60. The van der Waals surface area contributed by atoms with Crippen LogP contribution in [0.25, 0.3) is 0 Å². The average Bonchev–Trinajstić information content (AvgIpc) is 2.41. The molecule has 0 bridgehead atoms. The van der Waals surface area contributed by atoms with Crippen molar-refractivity contribution in [2.75, 3.05) is 5.32 Å². The number of nitrogens with one attached hydrogen (secondary N) is 2. The van der Waals surface area contributed by atoms with Crippen LogP contribution in [0.1, 0.15) is 49.9 Å². The molecule has 0 atom stereocenters. The molecule has 0 radical (unpaired) electrons. The Morgan fingerprint density at radius 1 is 1.15 bits per heavy atom. The van der Waals surface area contributed by atoms with Gasteiger partial charge in [-0.3, -0.25) is 4.79 Å². The van der Waals surface area contributed by atoms with E-state index in [1.165, 1.54) is 0 Å². The molecule has 1 amide bonds. The molecule has 4 heteroatoms. The summed E-state index contributed by atoms with van der Waals surface area (Å²) in [5.41, 5.74) is 1.72. The first-order valence-corrected chi connectivity index (χ1v) is 7.40. The zero-order valence-corrected chi connectivity index (χ0v) is 12.2. The summed E-state index contributed by atoms with van der Waals surface area (Å²) in [7, 11) is 0. The van der Waals surface area contributed by atoms with Crippen LogP contribution in [0.4, 0.5) is 5.69 Å². The summed E-state index contributed by atoms with van der Waals surface area (Å²) >= 11 is 0. The van der Waals surface area contributed by atoms with Crippen molar-refractivity contribution in [2.24, 2.45) is 0 Å². The van der Waals surface area contributed by atoms with E-state index in [0.717, 1.165) is 31.4 Å². The molecule has 0 spiro atoms. The Bertz CT molecular complexity index is 434. The Morgan fingerprint density at radius 3 is 2.30 bits per heavy atom. The van der Waals surface area contributed by atoms with Gasteiger partial charge < -0.3 is 15.7 Å². The standard InChI is InChI=1S/C16H24N2O2/c1-11(2)17-16(20)12-3-5-13(6-4-12)18-14-7-9-15(19)10-8-14/h3-6,11,14-15,18-19H,7-10H2,1-2H3,(H,17,20). The number of anilines is 1. The fourth-order valence-corrected chi connectivity index (χ4v) is 2.52. The van der Waals surface area contributed by atoms with E-state index in [2.05, 4.69) is 10.6 Å². The van der Waals surface area contributed by atoms with Gasteiger partial charge in [0.05, 0.1) is 6.10 Å². The van der Waals surface area contributed by atoms with Crippen molar-refractivity contribution in [3.05, 3.63) is 29.8 Å². The number of amides is 1. The molecule has 0 aliphatic heterocycles. The van der Waals surface area contributed by atoms with Gasteiger partial charge in [0, 0.05) is 23.3 Å². The average molecular weight is 276 g/mol. The number of aliphatic hydroxyl groups is 1. The van der Waals surface area contributed by atoms with Gasteiger partial charge in [0.25, 0.3) is 5.91 Å². The molecule has 3 N–H and O–H groups in total. The number of benzene rings is 1. The number of hydrogen-bond donors (Lipinski definition) is 3. The molecule has 1 aliphatic rings. The van der Waals surface area contributed by atoms with Gasteiger partial charge in [0.2, 0.25) is 0 Å². The maximum atomic E-state index is 11.8.